The smallest absolute Gasteiger partial charge is 0.110 e. The first-order valence-electron chi connectivity index (χ1n) is 4.02. The summed E-state index contributed by atoms with van der Waals surface area (Å²) in [6.07, 6.45) is 2.69. The SMILES string of the molecule is NC(Cc1ccsc1)c1nccs1. The average Bonchev–Trinajstić information content (AvgIpc) is 2.74. The second kappa shape index (κ2) is 4.00. The summed E-state index contributed by atoms with van der Waals surface area (Å²) in [5, 5.41) is 7.19. The molecule has 13 heavy (non-hydrogen) atoms. The second-order valence-corrected chi connectivity index (χ2v) is 4.52. The van der Waals surface area contributed by atoms with Crippen molar-refractivity contribution in [2.75, 3.05) is 0 Å². The number of rotatable bonds is 3. The van der Waals surface area contributed by atoms with Crippen molar-refractivity contribution in [2.45, 2.75) is 12.5 Å². The Bertz CT molecular complexity index is 340. The van der Waals surface area contributed by atoms with Crippen molar-refractivity contribution in [1.82, 2.24) is 4.98 Å². The molecule has 2 N–H and O–H groups in total. The lowest BCUT2D eigenvalue weighted by Crippen LogP contribution is -2.12. The van der Waals surface area contributed by atoms with Crippen LogP contribution in [0.3, 0.4) is 0 Å². The Morgan fingerprint density at radius 2 is 2.38 bits per heavy atom. The van der Waals surface area contributed by atoms with Crippen LogP contribution in [0.1, 0.15) is 16.6 Å². The minimum Gasteiger partial charge on any atom is -0.322 e. The van der Waals surface area contributed by atoms with Gasteiger partial charge in [0.1, 0.15) is 5.01 Å². The van der Waals surface area contributed by atoms with E-state index in [1.807, 2.05) is 5.38 Å². The molecule has 0 aliphatic carbocycles. The molecular formula is C9H10N2S2. The average molecular weight is 210 g/mol. The molecule has 0 aliphatic rings. The molecule has 0 aliphatic heterocycles. The van der Waals surface area contributed by atoms with Gasteiger partial charge in [0.2, 0.25) is 0 Å². The summed E-state index contributed by atoms with van der Waals surface area (Å²) in [4.78, 5) is 4.19. The van der Waals surface area contributed by atoms with Crippen molar-refractivity contribution < 1.29 is 0 Å². The molecule has 1 unspecified atom stereocenters. The first-order valence-corrected chi connectivity index (χ1v) is 5.84. The van der Waals surface area contributed by atoms with E-state index in [2.05, 4.69) is 21.8 Å². The van der Waals surface area contributed by atoms with Gasteiger partial charge in [-0.3, -0.25) is 0 Å². The van der Waals surface area contributed by atoms with Gasteiger partial charge in [0.25, 0.3) is 0 Å². The van der Waals surface area contributed by atoms with Gasteiger partial charge < -0.3 is 5.73 Å². The zero-order valence-electron chi connectivity index (χ0n) is 7.01. The molecule has 2 aromatic rings. The van der Waals surface area contributed by atoms with Gasteiger partial charge in [-0.2, -0.15) is 11.3 Å². The lowest BCUT2D eigenvalue weighted by molar-refractivity contribution is 0.717. The zero-order valence-corrected chi connectivity index (χ0v) is 8.65. The third-order valence-corrected chi connectivity index (χ3v) is 3.44. The fourth-order valence-corrected chi connectivity index (χ4v) is 2.49. The summed E-state index contributed by atoms with van der Waals surface area (Å²) in [7, 11) is 0. The molecule has 68 valence electrons. The van der Waals surface area contributed by atoms with Gasteiger partial charge in [-0.05, 0) is 28.8 Å². The predicted octanol–water partition coefficient (Wildman–Crippen LogP) is 2.45. The number of hydrogen-bond acceptors (Lipinski definition) is 4. The topological polar surface area (TPSA) is 38.9 Å². The van der Waals surface area contributed by atoms with Gasteiger partial charge >= 0.3 is 0 Å². The molecule has 4 heteroatoms. The van der Waals surface area contributed by atoms with Crippen LogP contribution in [0, 0.1) is 0 Å². The molecule has 2 heterocycles. The monoisotopic (exact) mass is 210 g/mol. The van der Waals surface area contributed by atoms with Crippen LogP contribution in [0.5, 0.6) is 0 Å². The van der Waals surface area contributed by atoms with Crippen LogP contribution >= 0.6 is 22.7 Å². The fourth-order valence-electron chi connectivity index (χ4n) is 1.17. The van der Waals surface area contributed by atoms with Crippen molar-refractivity contribution in [2.24, 2.45) is 5.73 Å². The first-order chi connectivity index (χ1) is 6.36. The van der Waals surface area contributed by atoms with E-state index in [1.165, 1.54) is 5.56 Å². The van der Waals surface area contributed by atoms with Crippen molar-refractivity contribution in [3.63, 3.8) is 0 Å². The Balaban J connectivity index is 2.04. The van der Waals surface area contributed by atoms with Crippen molar-refractivity contribution in [1.29, 1.82) is 0 Å². The Labute approximate surface area is 85.1 Å². The largest absolute Gasteiger partial charge is 0.322 e. The quantitative estimate of drug-likeness (QED) is 0.845. The third kappa shape index (κ3) is 2.15. The van der Waals surface area contributed by atoms with Crippen LogP contribution in [0.25, 0.3) is 0 Å². The molecule has 2 aromatic heterocycles. The van der Waals surface area contributed by atoms with Crippen LogP contribution in [0.4, 0.5) is 0 Å². The highest BCUT2D eigenvalue weighted by Crippen LogP contribution is 2.19. The van der Waals surface area contributed by atoms with Gasteiger partial charge in [-0.1, -0.05) is 0 Å². The molecule has 0 aromatic carbocycles. The van der Waals surface area contributed by atoms with Crippen molar-refractivity contribution in [3.05, 3.63) is 39.0 Å². The number of nitrogens with two attached hydrogens (primary N) is 1. The van der Waals surface area contributed by atoms with Crippen LogP contribution in [-0.2, 0) is 6.42 Å². The molecule has 0 saturated heterocycles. The summed E-state index contributed by atoms with van der Waals surface area (Å²) in [5.74, 6) is 0. The standard InChI is InChI=1S/C9H10N2S2/c10-8(9-11-2-4-13-9)5-7-1-3-12-6-7/h1-4,6,8H,5,10H2. The van der Waals surface area contributed by atoms with Crippen molar-refractivity contribution >= 4 is 22.7 Å². The van der Waals surface area contributed by atoms with Gasteiger partial charge in [0, 0.05) is 11.6 Å². The third-order valence-electron chi connectivity index (χ3n) is 1.80. The molecule has 0 amide bonds. The van der Waals surface area contributed by atoms with Crippen LogP contribution < -0.4 is 5.73 Å². The summed E-state index contributed by atoms with van der Waals surface area (Å²) >= 11 is 3.33. The van der Waals surface area contributed by atoms with Crippen LogP contribution in [0.15, 0.2) is 28.4 Å². The maximum Gasteiger partial charge on any atom is 0.110 e. The van der Waals surface area contributed by atoms with E-state index in [1.54, 1.807) is 28.9 Å². The van der Waals surface area contributed by atoms with E-state index in [0.29, 0.717) is 0 Å². The molecular weight excluding hydrogens is 200 g/mol. The highest BCUT2D eigenvalue weighted by Gasteiger charge is 2.09. The van der Waals surface area contributed by atoms with Gasteiger partial charge in [-0.25, -0.2) is 4.98 Å². The number of aromatic nitrogens is 1. The molecule has 0 bridgehead atoms. The van der Waals surface area contributed by atoms with E-state index in [4.69, 9.17) is 5.73 Å². The Morgan fingerprint density at radius 3 is 3.00 bits per heavy atom. The second-order valence-electron chi connectivity index (χ2n) is 2.81. The van der Waals surface area contributed by atoms with E-state index in [0.717, 1.165) is 11.4 Å². The lowest BCUT2D eigenvalue weighted by atomic mass is 10.1. The Morgan fingerprint density at radius 1 is 1.46 bits per heavy atom. The zero-order chi connectivity index (χ0) is 9.10. The van der Waals surface area contributed by atoms with Gasteiger partial charge in [0.15, 0.2) is 0 Å². The van der Waals surface area contributed by atoms with E-state index < -0.39 is 0 Å². The normalized spacial score (nSPS) is 13.0. The molecule has 0 saturated carbocycles. The lowest BCUT2D eigenvalue weighted by Gasteiger charge is -2.05. The molecule has 0 radical (unpaired) electrons. The minimum absolute atomic E-state index is 0.0506. The summed E-state index contributed by atoms with van der Waals surface area (Å²) in [6.45, 7) is 0. The summed E-state index contributed by atoms with van der Waals surface area (Å²) < 4.78 is 0. The Kier molecular flexibility index (Phi) is 2.73. The maximum absolute atomic E-state index is 5.98. The van der Waals surface area contributed by atoms with Gasteiger partial charge in [0.05, 0.1) is 6.04 Å². The molecule has 1 atom stereocenters. The summed E-state index contributed by atoms with van der Waals surface area (Å²) in [5.41, 5.74) is 7.28. The molecule has 2 rings (SSSR count). The Hall–Kier alpha value is -0.710. The summed E-state index contributed by atoms with van der Waals surface area (Å²) in [6, 6.07) is 2.16. The van der Waals surface area contributed by atoms with Crippen molar-refractivity contribution in [3.8, 4) is 0 Å². The van der Waals surface area contributed by atoms with E-state index in [9.17, 15) is 0 Å². The van der Waals surface area contributed by atoms with Crippen LogP contribution in [-0.4, -0.2) is 4.98 Å². The highest BCUT2D eigenvalue weighted by molar-refractivity contribution is 7.09. The van der Waals surface area contributed by atoms with Crippen LogP contribution in [0.2, 0.25) is 0 Å². The predicted molar refractivity (Wildman–Crippen MR) is 57.1 cm³/mol. The molecule has 0 fully saturated rings. The van der Waals surface area contributed by atoms with Gasteiger partial charge in [-0.15, -0.1) is 11.3 Å². The fraction of sp³-hybridized carbons (Fsp3) is 0.222. The number of thiophene rings is 1. The number of hydrogen-bond donors (Lipinski definition) is 1. The highest BCUT2D eigenvalue weighted by atomic mass is 32.1. The van der Waals surface area contributed by atoms with E-state index >= 15 is 0 Å². The minimum atomic E-state index is 0.0506. The maximum atomic E-state index is 5.98. The molecule has 0 spiro atoms. The number of thiazole rings is 1. The van der Waals surface area contributed by atoms with E-state index in [-0.39, 0.29) is 6.04 Å². The first kappa shape index (κ1) is 8.87. The number of nitrogens with zero attached hydrogens (tertiary/aromatic N) is 1. The molecule has 2 nitrogen and oxygen atoms in total.